The van der Waals surface area contributed by atoms with Gasteiger partial charge < -0.3 is 24.2 Å². The van der Waals surface area contributed by atoms with Crippen LogP contribution in [0.25, 0.3) is 10.8 Å². The number of nitriles is 1. The molecule has 44 heavy (non-hydrogen) atoms. The zero-order valence-electron chi connectivity index (χ0n) is 25.6. The Hall–Kier alpha value is -3.71. The molecule has 1 aromatic heterocycles. The molecule has 9 nitrogen and oxygen atoms in total. The first-order valence-corrected chi connectivity index (χ1v) is 15.7. The van der Waals surface area contributed by atoms with Crippen molar-refractivity contribution in [2.45, 2.75) is 63.3 Å². The maximum Gasteiger partial charge on any atom is 0.318 e. The first-order valence-electron chi connectivity index (χ1n) is 15.3. The van der Waals surface area contributed by atoms with Gasteiger partial charge in [0, 0.05) is 48.1 Å². The minimum atomic E-state index is -0.750. The second-order valence-electron chi connectivity index (χ2n) is 12.4. The number of hydrogen-bond acceptors (Lipinski definition) is 8. The summed E-state index contributed by atoms with van der Waals surface area (Å²) in [5.41, 5.74) is 2.05. The van der Waals surface area contributed by atoms with Gasteiger partial charge in [-0.15, -0.1) is 0 Å². The minimum Gasteiger partial charge on any atom is -0.462 e. The van der Waals surface area contributed by atoms with Gasteiger partial charge in [-0.05, 0) is 63.4 Å². The van der Waals surface area contributed by atoms with Crippen LogP contribution in [0.3, 0.4) is 0 Å². The average Bonchev–Trinajstić information content (AvgIpc) is 3.43. The van der Waals surface area contributed by atoms with E-state index >= 15 is 0 Å². The van der Waals surface area contributed by atoms with E-state index in [-0.39, 0.29) is 24.5 Å². The quantitative estimate of drug-likeness (QED) is 0.326. The number of aromatic nitrogens is 2. The molecule has 2 aromatic carbocycles. The Morgan fingerprint density at radius 3 is 2.73 bits per heavy atom. The third-order valence-electron chi connectivity index (χ3n) is 9.24. The van der Waals surface area contributed by atoms with Crippen molar-refractivity contribution >= 4 is 34.1 Å². The molecule has 0 radical (unpaired) electrons. The second kappa shape index (κ2) is 12.4. The molecule has 6 rings (SSSR count). The summed E-state index contributed by atoms with van der Waals surface area (Å²) in [7, 11) is 2.12. The third-order valence-corrected chi connectivity index (χ3v) is 9.55. The number of anilines is 1. The number of likely N-dealkylation sites (tertiary alicyclic amines) is 1. The van der Waals surface area contributed by atoms with Crippen LogP contribution in [-0.2, 0) is 21.6 Å². The van der Waals surface area contributed by atoms with Gasteiger partial charge in [-0.3, -0.25) is 4.79 Å². The van der Waals surface area contributed by atoms with Crippen LogP contribution >= 0.6 is 11.6 Å². The number of piperazine rings is 1. The molecule has 2 saturated heterocycles. The van der Waals surface area contributed by atoms with Crippen molar-refractivity contribution in [2.75, 3.05) is 44.7 Å². The maximum atomic E-state index is 12.6. The molecule has 1 amide bonds. The highest BCUT2D eigenvalue weighted by molar-refractivity contribution is 6.35. The van der Waals surface area contributed by atoms with Crippen molar-refractivity contribution < 1.29 is 14.3 Å². The van der Waals surface area contributed by atoms with Crippen molar-refractivity contribution in [3.8, 4) is 12.1 Å². The Morgan fingerprint density at radius 2 is 2.00 bits per heavy atom. The highest BCUT2D eigenvalue weighted by Crippen LogP contribution is 2.47. The van der Waals surface area contributed by atoms with E-state index in [1.807, 2.05) is 18.2 Å². The lowest BCUT2D eigenvalue weighted by molar-refractivity contribution is -0.128. The Labute approximate surface area is 264 Å². The van der Waals surface area contributed by atoms with Crippen molar-refractivity contribution in [1.82, 2.24) is 19.8 Å². The van der Waals surface area contributed by atoms with E-state index in [1.165, 1.54) is 6.08 Å². The molecular formula is C34H39ClN6O3. The van der Waals surface area contributed by atoms with Crippen LogP contribution in [0.1, 0.15) is 56.0 Å². The molecule has 10 heteroatoms. The van der Waals surface area contributed by atoms with E-state index in [2.05, 4.69) is 61.5 Å². The Balaban J connectivity index is 1.41. The molecule has 3 aliphatic rings. The normalized spacial score (nSPS) is 23.3. The van der Waals surface area contributed by atoms with E-state index in [9.17, 15) is 10.1 Å². The largest absolute Gasteiger partial charge is 0.462 e. The third kappa shape index (κ3) is 5.74. The summed E-state index contributed by atoms with van der Waals surface area (Å²) in [6, 6.07) is 14.7. The Kier molecular flexibility index (Phi) is 8.51. The number of ether oxygens (including phenoxy) is 2. The predicted octanol–water partition coefficient (Wildman–Crippen LogP) is 5.42. The summed E-state index contributed by atoms with van der Waals surface area (Å²) in [6.07, 6.45) is 3.99. The lowest BCUT2D eigenvalue weighted by Crippen LogP contribution is -2.55. The predicted molar refractivity (Wildman–Crippen MR) is 171 cm³/mol. The van der Waals surface area contributed by atoms with Crippen molar-refractivity contribution in [1.29, 1.82) is 5.26 Å². The summed E-state index contributed by atoms with van der Waals surface area (Å²) in [6.45, 7) is 10.8. The molecule has 0 saturated carbocycles. The van der Waals surface area contributed by atoms with Gasteiger partial charge >= 0.3 is 6.01 Å². The number of amides is 1. The molecule has 0 spiro atoms. The Morgan fingerprint density at radius 1 is 1.20 bits per heavy atom. The van der Waals surface area contributed by atoms with E-state index in [0.29, 0.717) is 49.7 Å². The Bertz CT molecular complexity index is 1620. The summed E-state index contributed by atoms with van der Waals surface area (Å²) in [5, 5.41) is 12.3. The number of hydrogen-bond donors (Lipinski definition) is 0. The fourth-order valence-electron chi connectivity index (χ4n) is 7.02. The summed E-state index contributed by atoms with van der Waals surface area (Å²) in [4.78, 5) is 28.8. The highest BCUT2D eigenvalue weighted by Gasteiger charge is 2.42. The van der Waals surface area contributed by atoms with Gasteiger partial charge in [0.2, 0.25) is 5.91 Å². The van der Waals surface area contributed by atoms with Crippen LogP contribution in [0, 0.1) is 11.3 Å². The number of nitrogens with zero attached hydrogens (tertiary/aromatic N) is 6. The molecular weight excluding hydrogens is 576 g/mol. The number of likely N-dealkylation sites (N-methyl/N-ethyl adjacent to an activating group) is 1. The average molecular weight is 615 g/mol. The van der Waals surface area contributed by atoms with E-state index in [4.69, 9.17) is 31.0 Å². The molecule has 3 aliphatic heterocycles. The lowest BCUT2D eigenvalue weighted by Gasteiger charge is -2.44. The van der Waals surface area contributed by atoms with E-state index in [1.54, 1.807) is 4.90 Å². The minimum absolute atomic E-state index is 0.167. The van der Waals surface area contributed by atoms with Crippen LogP contribution in [0.15, 0.2) is 49.1 Å². The van der Waals surface area contributed by atoms with Gasteiger partial charge in [0.15, 0.2) is 0 Å². The first kappa shape index (κ1) is 30.3. The van der Waals surface area contributed by atoms with Crippen LogP contribution < -0.4 is 9.64 Å². The molecule has 0 N–H and O–H groups in total. The molecule has 3 aromatic rings. The SMILES string of the molecule is C=CC(=O)N1CCN(c2nc(OC[C@@H]3CCCN3C)nc3c2C(C)(C)OC(c2cccc4cccc(Cl)c24)C3)C[C@@H]1CC#N. The summed E-state index contributed by atoms with van der Waals surface area (Å²) < 4.78 is 13.2. The molecule has 4 heterocycles. The van der Waals surface area contributed by atoms with Crippen LogP contribution in [-0.4, -0.2) is 77.6 Å². The zero-order chi connectivity index (χ0) is 31.0. The summed E-state index contributed by atoms with van der Waals surface area (Å²) >= 11 is 6.73. The summed E-state index contributed by atoms with van der Waals surface area (Å²) in [5.74, 6) is 0.567. The van der Waals surface area contributed by atoms with Gasteiger partial charge in [-0.25, -0.2) is 0 Å². The number of carbonyl (C=O) groups is 1. The van der Waals surface area contributed by atoms with Crippen LogP contribution in [0.2, 0.25) is 5.02 Å². The molecule has 1 unspecified atom stereocenters. The molecule has 230 valence electrons. The second-order valence-corrected chi connectivity index (χ2v) is 12.9. The topological polar surface area (TPSA) is 94.8 Å². The smallest absolute Gasteiger partial charge is 0.318 e. The zero-order valence-corrected chi connectivity index (χ0v) is 26.4. The van der Waals surface area contributed by atoms with E-state index in [0.717, 1.165) is 52.8 Å². The van der Waals surface area contributed by atoms with E-state index < -0.39 is 5.60 Å². The molecule has 0 bridgehead atoms. The highest BCUT2D eigenvalue weighted by atomic mass is 35.5. The standard InChI is InChI=1S/C34H39ClN6O3/c1-5-29(42)41-18-17-40(20-23(41)14-15-36)32-31-27(37-33(38-32)43-21-24-11-8-16-39(24)4)19-28(44-34(31,2)3)25-12-6-9-22-10-7-13-26(35)30(22)25/h5-7,9-10,12-13,23-24,28H,1,8,11,14,16-21H2,2-4H3/t23-,24-,28?/m0/s1. The fraction of sp³-hybridized carbons (Fsp3) is 0.471. The number of benzene rings is 2. The van der Waals surface area contributed by atoms with Crippen molar-refractivity contribution in [3.63, 3.8) is 0 Å². The van der Waals surface area contributed by atoms with Gasteiger partial charge in [0.1, 0.15) is 12.4 Å². The molecule has 3 atom stereocenters. The lowest BCUT2D eigenvalue weighted by atomic mass is 9.86. The van der Waals surface area contributed by atoms with Crippen molar-refractivity contribution in [3.05, 3.63) is 70.9 Å². The molecule has 0 aliphatic carbocycles. The van der Waals surface area contributed by atoms with Crippen molar-refractivity contribution in [2.24, 2.45) is 0 Å². The maximum absolute atomic E-state index is 12.6. The first-order chi connectivity index (χ1) is 21.2. The number of carbonyl (C=O) groups excluding carboxylic acids is 1. The van der Waals surface area contributed by atoms with Crippen LogP contribution in [0.5, 0.6) is 6.01 Å². The van der Waals surface area contributed by atoms with Crippen LogP contribution in [0.4, 0.5) is 5.82 Å². The van der Waals surface area contributed by atoms with Gasteiger partial charge in [-0.2, -0.15) is 15.2 Å². The molecule has 2 fully saturated rings. The number of halogens is 1. The number of fused-ring (bicyclic) bond motifs is 2. The van der Waals surface area contributed by atoms with Gasteiger partial charge in [-0.1, -0.05) is 48.5 Å². The fourth-order valence-corrected chi connectivity index (χ4v) is 7.31. The van der Waals surface area contributed by atoms with Gasteiger partial charge in [0.25, 0.3) is 0 Å². The van der Waals surface area contributed by atoms with Gasteiger partial charge in [0.05, 0.1) is 35.9 Å². The number of rotatable bonds is 7. The monoisotopic (exact) mass is 614 g/mol.